The molecule has 0 aliphatic carbocycles. The number of anilines is 2. The SMILES string of the molecule is CN1CCN(c2ccc(NC(=O)c3ccnc4ccccc34)cc2)CC1. The van der Waals surface area contributed by atoms with Gasteiger partial charge in [0.15, 0.2) is 0 Å². The summed E-state index contributed by atoms with van der Waals surface area (Å²) in [5.74, 6) is -0.115. The van der Waals surface area contributed by atoms with Gasteiger partial charge in [-0.05, 0) is 43.4 Å². The van der Waals surface area contributed by atoms with Gasteiger partial charge >= 0.3 is 0 Å². The molecule has 0 spiro atoms. The van der Waals surface area contributed by atoms with Crippen molar-refractivity contribution >= 4 is 28.2 Å². The second-order valence-electron chi connectivity index (χ2n) is 6.67. The zero-order valence-electron chi connectivity index (χ0n) is 14.9. The highest BCUT2D eigenvalue weighted by Gasteiger charge is 2.15. The van der Waals surface area contributed by atoms with Crippen LogP contribution in [0.15, 0.2) is 60.8 Å². The van der Waals surface area contributed by atoms with Crippen molar-refractivity contribution in [1.29, 1.82) is 0 Å². The minimum atomic E-state index is -0.115. The third kappa shape index (κ3) is 3.39. The lowest BCUT2D eigenvalue weighted by Crippen LogP contribution is -2.44. The standard InChI is InChI=1S/C21H22N4O/c1-24-12-14-25(15-13-24)17-8-6-16(7-9-17)23-21(26)19-10-11-22-20-5-3-2-4-18(19)20/h2-11H,12-15H2,1H3,(H,23,26). The first-order valence-corrected chi connectivity index (χ1v) is 8.89. The lowest BCUT2D eigenvalue weighted by molar-refractivity contribution is 0.102. The van der Waals surface area contributed by atoms with E-state index in [1.807, 2.05) is 36.4 Å². The van der Waals surface area contributed by atoms with Crippen LogP contribution in [0, 0.1) is 0 Å². The van der Waals surface area contributed by atoms with E-state index in [0.717, 1.165) is 42.8 Å². The Balaban J connectivity index is 1.49. The molecule has 2 heterocycles. The molecule has 132 valence electrons. The van der Waals surface area contributed by atoms with Crippen LogP contribution in [0.3, 0.4) is 0 Å². The normalized spacial score (nSPS) is 15.2. The van der Waals surface area contributed by atoms with Gasteiger partial charge in [0.25, 0.3) is 5.91 Å². The zero-order chi connectivity index (χ0) is 17.9. The lowest BCUT2D eigenvalue weighted by Gasteiger charge is -2.34. The van der Waals surface area contributed by atoms with Crippen LogP contribution in [0.5, 0.6) is 0 Å². The van der Waals surface area contributed by atoms with Gasteiger partial charge < -0.3 is 15.1 Å². The predicted octanol–water partition coefficient (Wildman–Crippen LogP) is 3.24. The number of carbonyl (C=O) groups is 1. The van der Waals surface area contributed by atoms with Crippen molar-refractivity contribution in [2.24, 2.45) is 0 Å². The number of piperazine rings is 1. The molecule has 1 aliphatic heterocycles. The number of hydrogen-bond acceptors (Lipinski definition) is 4. The molecule has 4 rings (SSSR count). The maximum atomic E-state index is 12.7. The molecule has 26 heavy (non-hydrogen) atoms. The molecule has 1 aliphatic rings. The van der Waals surface area contributed by atoms with Gasteiger partial charge in [0, 0.05) is 49.1 Å². The molecule has 5 heteroatoms. The summed E-state index contributed by atoms with van der Waals surface area (Å²) in [6.07, 6.45) is 1.67. The van der Waals surface area contributed by atoms with Crippen molar-refractivity contribution in [3.05, 3.63) is 66.4 Å². The highest BCUT2D eigenvalue weighted by atomic mass is 16.1. The summed E-state index contributed by atoms with van der Waals surface area (Å²) in [7, 11) is 2.15. The van der Waals surface area contributed by atoms with Crippen LogP contribution in [-0.4, -0.2) is 49.0 Å². The number of rotatable bonds is 3. The van der Waals surface area contributed by atoms with E-state index in [1.165, 1.54) is 5.69 Å². The predicted molar refractivity (Wildman–Crippen MR) is 106 cm³/mol. The molecule has 0 unspecified atom stereocenters. The van der Waals surface area contributed by atoms with Crippen molar-refractivity contribution < 1.29 is 4.79 Å². The molecule has 0 saturated carbocycles. The number of hydrogen-bond donors (Lipinski definition) is 1. The van der Waals surface area contributed by atoms with E-state index in [2.05, 4.69) is 39.3 Å². The quantitative estimate of drug-likeness (QED) is 0.791. The lowest BCUT2D eigenvalue weighted by atomic mass is 10.1. The number of likely N-dealkylation sites (N-methyl/N-ethyl adjacent to an activating group) is 1. The molecule has 1 aromatic heterocycles. The van der Waals surface area contributed by atoms with Gasteiger partial charge in [0.1, 0.15) is 0 Å². The molecular formula is C21H22N4O. The van der Waals surface area contributed by atoms with Crippen LogP contribution in [0.25, 0.3) is 10.9 Å². The molecule has 1 fully saturated rings. The number of nitrogens with one attached hydrogen (secondary N) is 1. The zero-order valence-corrected chi connectivity index (χ0v) is 14.9. The molecule has 1 N–H and O–H groups in total. The van der Waals surface area contributed by atoms with Gasteiger partial charge in [-0.2, -0.15) is 0 Å². The molecule has 0 atom stereocenters. The molecule has 1 amide bonds. The Kier molecular flexibility index (Phi) is 4.54. The van der Waals surface area contributed by atoms with Crippen molar-refractivity contribution in [2.75, 3.05) is 43.4 Å². The molecule has 2 aromatic carbocycles. The fourth-order valence-electron chi connectivity index (χ4n) is 3.31. The van der Waals surface area contributed by atoms with E-state index in [4.69, 9.17) is 0 Å². The van der Waals surface area contributed by atoms with Crippen LogP contribution in [0.1, 0.15) is 10.4 Å². The van der Waals surface area contributed by atoms with Gasteiger partial charge in [-0.3, -0.25) is 9.78 Å². The number of nitrogens with zero attached hydrogens (tertiary/aromatic N) is 3. The summed E-state index contributed by atoms with van der Waals surface area (Å²) >= 11 is 0. The number of pyridine rings is 1. The molecule has 0 radical (unpaired) electrons. The van der Waals surface area contributed by atoms with Crippen molar-refractivity contribution in [1.82, 2.24) is 9.88 Å². The van der Waals surface area contributed by atoms with E-state index in [-0.39, 0.29) is 5.91 Å². The van der Waals surface area contributed by atoms with Gasteiger partial charge in [-0.25, -0.2) is 0 Å². The summed E-state index contributed by atoms with van der Waals surface area (Å²) in [4.78, 5) is 21.7. The van der Waals surface area contributed by atoms with Crippen LogP contribution in [0.4, 0.5) is 11.4 Å². The third-order valence-electron chi connectivity index (χ3n) is 4.89. The first kappa shape index (κ1) is 16.5. The topological polar surface area (TPSA) is 48.5 Å². The van der Waals surface area contributed by atoms with Gasteiger partial charge in [0.2, 0.25) is 0 Å². The average molecular weight is 346 g/mol. The Bertz CT molecular complexity index is 909. The first-order chi connectivity index (χ1) is 12.7. The average Bonchev–Trinajstić information content (AvgIpc) is 2.69. The van der Waals surface area contributed by atoms with Crippen molar-refractivity contribution in [2.45, 2.75) is 0 Å². The van der Waals surface area contributed by atoms with Crippen molar-refractivity contribution in [3.8, 4) is 0 Å². The maximum absolute atomic E-state index is 12.7. The number of amides is 1. The van der Waals surface area contributed by atoms with E-state index in [1.54, 1.807) is 12.3 Å². The van der Waals surface area contributed by atoms with E-state index < -0.39 is 0 Å². The Morgan fingerprint density at radius 1 is 0.962 bits per heavy atom. The smallest absolute Gasteiger partial charge is 0.256 e. The maximum Gasteiger partial charge on any atom is 0.256 e. The number of fused-ring (bicyclic) bond motifs is 1. The van der Waals surface area contributed by atoms with Crippen LogP contribution >= 0.6 is 0 Å². The monoisotopic (exact) mass is 346 g/mol. The van der Waals surface area contributed by atoms with Crippen LogP contribution in [-0.2, 0) is 0 Å². The summed E-state index contributed by atoms with van der Waals surface area (Å²) < 4.78 is 0. The summed E-state index contributed by atoms with van der Waals surface area (Å²) in [5.41, 5.74) is 3.46. The molecule has 1 saturated heterocycles. The van der Waals surface area contributed by atoms with E-state index in [0.29, 0.717) is 5.56 Å². The summed E-state index contributed by atoms with van der Waals surface area (Å²) in [6, 6.07) is 17.5. The second kappa shape index (κ2) is 7.14. The van der Waals surface area contributed by atoms with Crippen molar-refractivity contribution in [3.63, 3.8) is 0 Å². The molecule has 3 aromatic rings. The van der Waals surface area contributed by atoms with Gasteiger partial charge in [0.05, 0.1) is 11.1 Å². The number of carbonyl (C=O) groups excluding carboxylic acids is 1. The Labute approximate surface area is 153 Å². The summed E-state index contributed by atoms with van der Waals surface area (Å²) in [5, 5.41) is 3.86. The molecule has 0 bridgehead atoms. The summed E-state index contributed by atoms with van der Waals surface area (Å²) in [6.45, 7) is 4.22. The minimum absolute atomic E-state index is 0.115. The van der Waals surface area contributed by atoms with E-state index in [9.17, 15) is 4.79 Å². The Hall–Kier alpha value is -2.92. The molecule has 5 nitrogen and oxygen atoms in total. The van der Waals surface area contributed by atoms with Crippen LogP contribution < -0.4 is 10.2 Å². The minimum Gasteiger partial charge on any atom is -0.369 e. The fourth-order valence-corrected chi connectivity index (χ4v) is 3.31. The molecular weight excluding hydrogens is 324 g/mol. The third-order valence-corrected chi connectivity index (χ3v) is 4.89. The number of benzene rings is 2. The Morgan fingerprint density at radius 2 is 1.69 bits per heavy atom. The highest BCUT2D eigenvalue weighted by Crippen LogP contribution is 2.21. The largest absolute Gasteiger partial charge is 0.369 e. The Morgan fingerprint density at radius 3 is 2.46 bits per heavy atom. The fraction of sp³-hybridized carbons (Fsp3) is 0.238. The second-order valence-corrected chi connectivity index (χ2v) is 6.67. The van der Waals surface area contributed by atoms with E-state index >= 15 is 0 Å². The first-order valence-electron chi connectivity index (χ1n) is 8.89. The van der Waals surface area contributed by atoms with Crippen LogP contribution in [0.2, 0.25) is 0 Å². The number of aromatic nitrogens is 1. The number of para-hydroxylation sites is 1. The highest BCUT2D eigenvalue weighted by molar-refractivity contribution is 6.12. The van der Waals surface area contributed by atoms with Gasteiger partial charge in [-0.1, -0.05) is 18.2 Å². The van der Waals surface area contributed by atoms with Gasteiger partial charge in [-0.15, -0.1) is 0 Å².